The highest BCUT2D eigenvalue weighted by atomic mass is 19.4. The first kappa shape index (κ1) is 45.8. The van der Waals surface area contributed by atoms with Crippen LogP contribution in [0.4, 0.5) is 30.4 Å². The lowest BCUT2D eigenvalue weighted by atomic mass is 9.88. The molecule has 2 aromatic heterocycles. The number of alkyl halides is 3. The van der Waals surface area contributed by atoms with Gasteiger partial charge in [0.25, 0.3) is 17.4 Å². The third kappa shape index (κ3) is 9.09. The largest absolute Gasteiger partial charge is 0.416 e. The highest BCUT2D eigenvalue weighted by Gasteiger charge is 2.46. The lowest BCUT2D eigenvalue weighted by Crippen LogP contribution is -2.54. The Kier molecular flexibility index (Phi) is 12.6. The minimum Gasteiger partial charge on any atom is -0.399 e. The van der Waals surface area contributed by atoms with Gasteiger partial charge in [0.05, 0.1) is 33.8 Å². The van der Waals surface area contributed by atoms with Gasteiger partial charge in [-0.05, 0) is 132 Å². The quantitative estimate of drug-likeness (QED) is 0.139. The minimum absolute atomic E-state index is 0.00707. The summed E-state index contributed by atoms with van der Waals surface area (Å²) >= 11 is 0. The molecule has 354 valence electrons. The third-order valence-corrected chi connectivity index (χ3v) is 14.6. The maximum atomic E-state index is 13.8. The molecule has 1 unspecified atom stereocenters. The average Bonchev–Trinajstić information content (AvgIpc) is 3.57. The summed E-state index contributed by atoms with van der Waals surface area (Å²) in [4.78, 5) is 95.1. The van der Waals surface area contributed by atoms with Crippen LogP contribution < -0.4 is 26.8 Å². The van der Waals surface area contributed by atoms with Crippen LogP contribution in [0.5, 0.6) is 0 Å². The number of nitrogens with one attached hydrogen (secondary N) is 2. The van der Waals surface area contributed by atoms with Gasteiger partial charge >= 0.3 is 6.18 Å². The van der Waals surface area contributed by atoms with Gasteiger partial charge in [-0.1, -0.05) is 6.07 Å². The zero-order valence-electron chi connectivity index (χ0n) is 37.6. The Balaban J connectivity index is 0.748. The molecule has 2 aromatic carbocycles. The van der Waals surface area contributed by atoms with E-state index in [0.29, 0.717) is 71.1 Å². The van der Waals surface area contributed by atoms with Crippen LogP contribution in [0.15, 0.2) is 53.6 Å². The Bertz CT molecular complexity index is 2680. The Hall–Kier alpha value is -6.37. The number of pyridine rings is 1. The van der Waals surface area contributed by atoms with Gasteiger partial charge in [-0.2, -0.15) is 13.2 Å². The number of hydrogen-bond acceptors (Lipinski definition) is 12. The number of likely N-dealkylation sites (tertiary alicyclic amines) is 2. The van der Waals surface area contributed by atoms with E-state index in [9.17, 15) is 41.9 Å². The molecule has 5 aliphatic heterocycles. The number of carbonyl (C=O) groups is 5. The van der Waals surface area contributed by atoms with E-state index in [0.717, 1.165) is 81.9 Å². The Labute approximate surface area is 385 Å². The Morgan fingerprint density at radius 1 is 0.896 bits per heavy atom. The van der Waals surface area contributed by atoms with E-state index in [-0.39, 0.29) is 47.4 Å². The molecule has 0 saturated carbocycles. The lowest BCUT2D eigenvalue weighted by molar-refractivity contribution is -0.138. The van der Waals surface area contributed by atoms with Gasteiger partial charge in [-0.15, -0.1) is 0 Å². The fourth-order valence-corrected chi connectivity index (χ4v) is 10.7. The summed E-state index contributed by atoms with van der Waals surface area (Å²) in [6, 6.07) is 8.88. The van der Waals surface area contributed by atoms with E-state index >= 15 is 0 Å². The van der Waals surface area contributed by atoms with Crippen molar-refractivity contribution >= 4 is 57.8 Å². The summed E-state index contributed by atoms with van der Waals surface area (Å²) in [5.41, 5.74) is 7.42. The number of aryl methyl sites for hydroxylation is 1. The van der Waals surface area contributed by atoms with Crippen LogP contribution in [0.2, 0.25) is 0 Å². The molecular weight excluding hydrogens is 870 g/mol. The number of fused-ring (bicyclic) bond motifs is 2. The molecule has 4 aromatic rings. The maximum absolute atomic E-state index is 13.8. The molecule has 4 saturated heterocycles. The molecule has 5 amide bonds. The van der Waals surface area contributed by atoms with Crippen molar-refractivity contribution in [2.75, 3.05) is 61.8 Å². The van der Waals surface area contributed by atoms with Gasteiger partial charge in [0.2, 0.25) is 17.7 Å². The van der Waals surface area contributed by atoms with Crippen LogP contribution in [0.1, 0.15) is 114 Å². The number of nitrogen functional groups attached to an aromatic ring is 1. The Morgan fingerprint density at radius 3 is 2.33 bits per heavy atom. The first-order chi connectivity index (χ1) is 32.0. The summed E-state index contributed by atoms with van der Waals surface area (Å²) < 4.78 is 42.2. The average molecular weight is 925 g/mol. The highest BCUT2D eigenvalue weighted by molar-refractivity contribution is 6.25. The van der Waals surface area contributed by atoms with Crippen molar-refractivity contribution in [2.24, 2.45) is 18.9 Å². The van der Waals surface area contributed by atoms with Crippen LogP contribution in [0.3, 0.4) is 0 Å². The number of carbonyl (C=O) groups excluding carboxylic acids is 5. The summed E-state index contributed by atoms with van der Waals surface area (Å²) in [5.74, 6) is -1.16. The zero-order chi connectivity index (χ0) is 47.3. The van der Waals surface area contributed by atoms with Crippen molar-refractivity contribution in [1.82, 2.24) is 34.6 Å². The normalized spacial score (nSPS) is 21.0. The smallest absolute Gasteiger partial charge is 0.399 e. The second kappa shape index (κ2) is 18.4. The van der Waals surface area contributed by atoms with Crippen LogP contribution in [0, 0.1) is 11.8 Å². The van der Waals surface area contributed by atoms with Crippen LogP contribution in [-0.4, -0.2) is 111 Å². The van der Waals surface area contributed by atoms with E-state index < -0.39 is 47.5 Å². The van der Waals surface area contributed by atoms with Gasteiger partial charge in [0.15, 0.2) is 0 Å². The van der Waals surface area contributed by atoms with Crippen molar-refractivity contribution in [3.63, 3.8) is 0 Å². The second-order valence-corrected chi connectivity index (χ2v) is 18.8. The van der Waals surface area contributed by atoms with E-state index in [2.05, 4.69) is 30.4 Å². The summed E-state index contributed by atoms with van der Waals surface area (Å²) in [5, 5.41) is 6.03. The molecule has 16 nitrogen and oxygen atoms in total. The molecule has 4 N–H and O–H groups in total. The number of hydrogen-bond donors (Lipinski definition) is 3. The van der Waals surface area contributed by atoms with Crippen LogP contribution in [-0.2, 0) is 27.6 Å². The minimum atomic E-state index is -4.56. The summed E-state index contributed by atoms with van der Waals surface area (Å²) in [6.45, 7) is 6.86. The second-order valence-electron chi connectivity index (χ2n) is 18.8. The van der Waals surface area contributed by atoms with Gasteiger partial charge in [-0.25, -0.2) is 9.97 Å². The molecule has 7 heterocycles. The number of aromatic nitrogens is 3. The van der Waals surface area contributed by atoms with E-state index in [4.69, 9.17) is 5.73 Å². The predicted molar refractivity (Wildman–Crippen MR) is 243 cm³/mol. The van der Waals surface area contributed by atoms with Crippen LogP contribution in [0.25, 0.3) is 11.0 Å². The topological polar surface area (TPSA) is 196 Å². The fraction of sp³-hybridized carbons (Fsp3) is 0.500. The molecule has 2 atom stereocenters. The summed E-state index contributed by atoms with van der Waals surface area (Å²) in [6.07, 6.45) is 2.62. The number of imide groups is 2. The summed E-state index contributed by atoms with van der Waals surface area (Å²) in [7, 11) is 1.64. The molecule has 5 aliphatic rings. The van der Waals surface area contributed by atoms with Gasteiger partial charge < -0.3 is 25.8 Å². The first-order valence-corrected chi connectivity index (χ1v) is 23.2. The van der Waals surface area contributed by atoms with Gasteiger partial charge in [-0.3, -0.25) is 43.6 Å². The highest BCUT2D eigenvalue weighted by Crippen LogP contribution is 2.38. The first-order valence-electron chi connectivity index (χ1n) is 23.2. The van der Waals surface area contributed by atoms with Crippen molar-refractivity contribution in [1.29, 1.82) is 0 Å². The molecule has 4 fully saturated rings. The van der Waals surface area contributed by atoms with Crippen molar-refractivity contribution in [2.45, 2.75) is 88.9 Å². The molecule has 67 heavy (non-hydrogen) atoms. The molecule has 0 aliphatic carbocycles. The van der Waals surface area contributed by atoms with Gasteiger partial charge in [0.1, 0.15) is 23.8 Å². The van der Waals surface area contributed by atoms with Gasteiger partial charge in [0, 0.05) is 56.8 Å². The van der Waals surface area contributed by atoms with Crippen molar-refractivity contribution in [3.8, 4) is 0 Å². The number of nitrogens with zero attached hydrogens (tertiary/aromatic N) is 7. The number of rotatable bonds is 10. The molecule has 0 spiro atoms. The number of piperidine rings is 4. The predicted octanol–water partition coefficient (Wildman–Crippen LogP) is 5.23. The number of nitrogens with two attached hydrogens (primary N) is 1. The monoisotopic (exact) mass is 924 g/mol. The molecule has 19 heteroatoms. The molecular formula is C48H55F3N10O6. The number of anilines is 3. The van der Waals surface area contributed by atoms with E-state index in [1.807, 2.05) is 11.0 Å². The SMILES string of the molecule is C[C@@H](Nc1ncnc2c1cc(C1CCN(C(=O)C3CCN(CCC4CCN(c5cccc6c5C(=O)N(C5CCC(=O)NC5=O)C6=O)CC4)CC3)CC1)c(=O)n2C)c1cc(N)cc(C(F)(F)F)c1. The number of halogens is 3. The number of amides is 5. The van der Waals surface area contributed by atoms with Crippen LogP contribution >= 0.6 is 0 Å². The fourth-order valence-electron chi connectivity index (χ4n) is 10.7. The molecule has 0 radical (unpaired) electrons. The zero-order valence-corrected chi connectivity index (χ0v) is 37.6. The maximum Gasteiger partial charge on any atom is 0.416 e. The number of benzene rings is 2. The Morgan fingerprint density at radius 2 is 1.63 bits per heavy atom. The molecule has 9 rings (SSSR count). The van der Waals surface area contributed by atoms with Crippen molar-refractivity contribution < 1.29 is 37.1 Å². The van der Waals surface area contributed by atoms with Crippen molar-refractivity contribution in [3.05, 3.63) is 87.0 Å². The van der Waals surface area contributed by atoms with E-state index in [1.54, 1.807) is 32.2 Å². The van der Waals surface area contributed by atoms with E-state index in [1.165, 1.54) is 17.0 Å². The lowest BCUT2D eigenvalue weighted by Gasteiger charge is -2.38. The standard InChI is InChI=1S/C48H55F3N10O6/c1-27(31-22-32(48(49,50)51)24-33(52)23-31)55-41-36-25-35(45(65)57(2)42(36)54-26-53-41)29-13-20-60(21-14-29)44(64)30-11-16-58(17-12-30)15-8-28-9-18-59(19-10-28)37-5-3-4-34-40(37)47(67)61(46(34)66)38-6-7-39(62)56-43(38)63/h3-5,22-30,38H,6-21,52H2,1-2H3,(H,53,54,55)(H,56,62,63)/t27-,38?/m1/s1. The third-order valence-electron chi connectivity index (χ3n) is 14.6. The molecule has 0 bridgehead atoms.